The van der Waals surface area contributed by atoms with E-state index < -0.39 is 6.23 Å². The summed E-state index contributed by atoms with van der Waals surface area (Å²) in [6.45, 7) is 2.14. The standard InChI is InChI=1S/C26H29N3O4S.2ClH/c1-33-21-7-3-6-19(13-21)16-27-15-18-5-2-4-17(12-18)10-11-28-23(31)14-20-8-9-22(30)24-25(20)34-26(32)29-24;;/h2-9,12-13,23,27-28,30-31H,10-11,14-16H2,1H3,(H,29,32);2*1H. The number of aromatic hydroxyl groups is 1. The molecule has 0 aliphatic heterocycles. The predicted molar refractivity (Wildman–Crippen MR) is 150 cm³/mol. The van der Waals surface area contributed by atoms with Crippen molar-refractivity contribution in [2.24, 2.45) is 0 Å². The number of ether oxygens (including phenoxy) is 1. The van der Waals surface area contributed by atoms with Crippen molar-refractivity contribution < 1.29 is 14.9 Å². The van der Waals surface area contributed by atoms with E-state index in [1.165, 1.54) is 16.7 Å². The molecule has 194 valence electrons. The van der Waals surface area contributed by atoms with Crippen molar-refractivity contribution in [1.82, 2.24) is 15.6 Å². The molecule has 0 saturated heterocycles. The molecule has 36 heavy (non-hydrogen) atoms. The fourth-order valence-electron chi connectivity index (χ4n) is 3.93. The molecule has 1 unspecified atom stereocenters. The Bertz CT molecular complexity index is 1310. The van der Waals surface area contributed by atoms with Crippen molar-refractivity contribution in [2.75, 3.05) is 13.7 Å². The van der Waals surface area contributed by atoms with Gasteiger partial charge in [0.2, 0.25) is 0 Å². The molecule has 7 nitrogen and oxygen atoms in total. The smallest absolute Gasteiger partial charge is 0.305 e. The van der Waals surface area contributed by atoms with Crippen LogP contribution in [0.3, 0.4) is 0 Å². The monoisotopic (exact) mass is 551 g/mol. The van der Waals surface area contributed by atoms with Crippen LogP contribution in [0.4, 0.5) is 0 Å². The SMILES string of the molecule is COc1cccc(CNCc2cccc(CCNC(O)Cc3ccc(O)c4[nH]c(=O)sc34)c2)c1.Cl.Cl. The Kier molecular flexibility index (Phi) is 11.7. The Morgan fingerprint density at radius 1 is 1.00 bits per heavy atom. The van der Waals surface area contributed by atoms with E-state index in [1.807, 2.05) is 18.2 Å². The quantitative estimate of drug-likeness (QED) is 0.179. The fourth-order valence-corrected chi connectivity index (χ4v) is 4.80. The molecule has 0 amide bonds. The number of hydrogen-bond donors (Lipinski definition) is 5. The summed E-state index contributed by atoms with van der Waals surface area (Å²) in [5, 5.41) is 27.0. The number of halogens is 2. The summed E-state index contributed by atoms with van der Waals surface area (Å²) in [7, 11) is 1.67. The molecule has 0 fully saturated rings. The van der Waals surface area contributed by atoms with Gasteiger partial charge in [-0.15, -0.1) is 24.8 Å². The predicted octanol–water partition coefficient (Wildman–Crippen LogP) is 4.13. The van der Waals surface area contributed by atoms with Crippen LogP contribution >= 0.6 is 36.2 Å². The molecule has 0 radical (unpaired) electrons. The van der Waals surface area contributed by atoms with Crippen LogP contribution in [-0.2, 0) is 25.9 Å². The Morgan fingerprint density at radius 2 is 1.69 bits per heavy atom. The van der Waals surface area contributed by atoms with Crippen molar-refractivity contribution in [3.63, 3.8) is 0 Å². The number of benzene rings is 3. The number of aliphatic hydroxyl groups is 1. The van der Waals surface area contributed by atoms with Crippen molar-refractivity contribution in [3.05, 3.63) is 92.6 Å². The number of aliphatic hydroxyl groups excluding tert-OH is 1. The lowest BCUT2D eigenvalue weighted by atomic mass is 10.1. The molecular formula is C26H31Cl2N3O4S. The first kappa shape index (κ1) is 29.6. The van der Waals surface area contributed by atoms with Gasteiger partial charge in [-0.05, 0) is 46.9 Å². The van der Waals surface area contributed by atoms with Gasteiger partial charge in [0.1, 0.15) is 23.2 Å². The van der Waals surface area contributed by atoms with E-state index in [-0.39, 0.29) is 35.4 Å². The highest BCUT2D eigenvalue weighted by Gasteiger charge is 2.13. The van der Waals surface area contributed by atoms with Gasteiger partial charge in [-0.2, -0.15) is 0 Å². The average molecular weight is 553 g/mol. The van der Waals surface area contributed by atoms with Gasteiger partial charge in [-0.3, -0.25) is 10.1 Å². The maximum absolute atomic E-state index is 11.7. The lowest BCUT2D eigenvalue weighted by Crippen LogP contribution is -2.32. The number of phenols is 1. The Labute approximate surface area is 226 Å². The minimum Gasteiger partial charge on any atom is -0.506 e. The molecule has 0 aliphatic carbocycles. The zero-order valence-electron chi connectivity index (χ0n) is 19.8. The second kappa shape index (κ2) is 14.2. The summed E-state index contributed by atoms with van der Waals surface area (Å²) in [6, 6.07) is 19.7. The zero-order valence-corrected chi connectivity index (χ0v) is 22.3. The van der Waals surface area contributed by atoms with Gasteiger partial charge in [0.05, 0.1) is 11.8 Å². The number of thiazole rings is 1. The first-order valence-electron chi connectivity index (χ1n) is 11.2. The molecule has 4 aromatic rings. The first-order chi connectivity index (χ1) is 16.5. The molecule has 1 atom stereocenters. The van der Waals surface area contributed by atoms with Crippen LogP contribution in [0, 0.1) is 0 Å². The summed E-state index contributed by atoms with van der Waals surface area (Å²) in [6.07, 6.45) is 0.375. The lowest BCUT2D eigenvalue weighted by Gasteiger charge is -2.14. The van der Waals surface area contributed by atoms with E-state index >= 15 is 0 Å². The molecule has 0 spiro atoms. The Morgan fingerprint density at radius 3 is 2.44 bits per heavy atom. The molecule has 0 saturated carbocycles. The number of fused-ring (bicyclic) bond motifs is 1. The van der Waals surface area contributed by atoms with E-state index in [0.717, 1.165) is 42.2 Å². The number of aromatic nitrogens is 1. The topological polar surface area (TPSA) is 107 Å². The summed E-state index contributed by atoms with van der Waals surface area (Å²) in [5.41, 5.74) is 4.81. The van der Waals surface area contributed by atoms with Gasteiger partial charge in [0.25, 0.3) is 0 Å². The number of hydrogen-bond acceptors (Lipinski definition) is 7. The van der Waals surface area contributed by atoms with Crippen LogP contribution in [0.15, 0.2) is 65.5 Å². The first-order valence-corrected chi connectivity index (χ1v) is 12.0. The van der Waals surface area contributed by atoms with Crippen LogP contribution < -0.4 is 20.2 Å². The van der Waals surface area contributed by atoms with Crippen LogP contribution in [0.2, 0.25) is 0 Å². The van der Waals surface area contributed by atoms with Crippen LogP contribution in [-0.4, -0.2) is 35.1 Å². The van der Waals surface area contributed by atoms with Gasteiger partial charge in [-0.1, -0.05) is 53.8 Å². The Balaban J connectivity index is 0.00000228. The summed E-state index contributed by atoms with van der Waals surface area (Å²) < 4.78 is 5.95. The highest BCUT2D eigenvalue weighted by Crippen LogP contribution is 2.28. The molecule has 1 heterocycles. The summed E-state index contributed by atoms with van der Waals surface area (Å²) >= 11 is 1.04. The van der Waals surface area contributed by atoms with Crippen LogP contribution in [0.1, 0.15) is 22.3 Å². The number of nitrogens with one attached hydrogen (secondary N) is 3. The van der Waals surface area contributed by atoms with Gasteiger partial charge < -0.3 is 25.3 Å². The van der Waals surface area contributed by atoms with Gasteiger partial charge in [-0.25, -0.2) is 0 Å². The minimum absolute atomic E-state index is 0. The van der Waals surface area contributed by atoms with Crippen molar-refractivity contribution >= 4 is 46.4 Å². The third-order valence-electron chi connectivity index (χ3n) is 5.63. The molecule has 0 aliphatic rings. The number of methoxy groups -OCH3 is 1. The lowest BCUT2D eigenvalue weighted by molar-refractivity contribution is 0.138. The van der Waals surface area contributed by atoms with E-state index in [1.54, 1.807) is 19.2 Å². The second-order valence-electron chi connectivity index (χ2n) is 8.16. The van der Waals surface area contributed by atoms with Gasteiger partial charge >= 0.3 is 4.87 Å². The molecule has 0 bridgehead atoms. The highest BCUT2D eigenvalue weighted by molar-refractivity contribution is 7.16. The molecule has 1 aromatic heterocycles. The molecular weight excluding hydrogens is 521 g/mol. The van der Waals surface area contributed by atoms with Crippen molar-refractivity contribution in [3.8, 4) is 11.5 Å². The molecule has 3 aromatic carbocycles. The zero-order chi connectivity index (χ0) is 23.9. The van der Waals surface area contributed by atoms with E-state index in [2.05, 4.69) is 45.9 Å². The number of H-pyrrole nitrogens is 1. The van der Waals surface area contributed by atoms with Gasteiger partial charge in [0, 0.05) is 26.1 Å². The third kappa shape index (κ3) is 7.96. The fraction of sp³-hybridized carbons (Fsp3) is 0.269. The normalized spacial score (nSPS) is 11.5. The molecule has 5 N–H and O–H groups in total. The highest BCUT2D eigenvalue weighted by atomic mass is 35.5. The third-order valence-corrected chi connectivity index (χ3v) is 6.59. The number of rotatable bonds is 11. The van der Waals surface area contributed by atoms with E-state index in [9.17, 15) is 15.0 Å². The number of aromatic amines is 1. The van der Waals surface area contributed by atoms with Crippen molar-refractivity contribution in [1.29, 1.82) is 0 Å². The van der Waals surface area contributed by atoms with Crippen LogP contribution in [0.25, 0.3) is 10.2 Å². The number of phenolic OH excluding ortho intramolecular Hbond substituents is 1. The maximum atomic E-state index is 11.7. The minimum atomic E-state index is -0.752. The van der Waals surface area contributed by atoms with Gasteiger partial charge in [0.15, 0.2) is 0 Å². The molecule has 4 rings (SSSR count). The van der Waals surface area contributed by atoms with Crippen molar-refractivity contribution in [2.45, 2.75) is 32.2 Å². The Hall–Kier alpha value is -2.59. The van der Waals surface area contributed by atoms with E-state index in [4.69, 9.17) is 4.74 Å². The summed E-state index contributed by atoms with van der Waals surface area (Å²) in [5.74, 6) is 0.895. The second-order valence-corrected chi connectivity index (χ2v) is 9.14. The molecule has 10 heteroatoms. The average Bonchev–Trinajstić information content (AvgIpc) is 3.24. The van der Waals surface area contributed by atoms with Crippen LogP contribution in [0.5, 0.6) is 11.5 Å². The maximum Gasteiger partial charge on any atom is 0.305 e. The largest absolute Gasteiger partial charge is 0.506 e. The summed E-state index contributed by atoms with van der Waals surface area (Å²) in [4.78, 5) is 14.1. The van der Waals surface area contributed by atoms with E-state index in [0.29, 0.717) is 23.2 Å².